The Morgan fingerprint density at radius 3 is 1.31 bits per heavy atom. The van der Waals surface area contributed by atoms with Gasteiger partial charge in [0.1, 0.15) is 3.36 Å². The van der Waals surface area contributed by atoms with Crippen LogP contribution in [0.5, 0.6) is 0 Å². The third-order valence-corrected chi connectivity index (χ3v) is 7.51. The zero-order valence-electron chi connectivity index (χ0n) is 10.3. The minimum atomic E-state index is -2.60. The van der Waals surface area contributed by atoms with Crippen molar-refractivity contribution in [3.8, 4) is 0 Å². The van der Waals surface area contributed by atoms with E-state index in [4.69, 9.17) is 13.3 Å². The van der Waals surface area contributed by atoms with Crippen molar-refractivity contribution in [3.05, 3.63) is 0 Å². The van der Waals surface area contributed by atoms with Crippen molar-refractivity contribution in [2.24, 2.45) is 0 Å². The molecule has 0 rings (SSSR count). The Hall–Kier alpha value is 1.06. The Morgan fingerprint density at radius 1 is 0.812 bits per heavy atom. The van der Waals surface area contributed by atoms with Crippen LogP contribution in [0.3, 0.4) is 0 Å². The van der Waals surface area contributed by atoms with Crippen LogP contribution in [0.15, 0.2) is 0 Å². The molecule has 0 amide bonds. The maximum Gasteiger partial charge on any atom is 0.526 e. The molecule has 0 aromatic carbocycles. The quantitative estimate of drug-likeness (QED) is 0.427. The van der Waals surface area contributed by atoms with E-state index >= 15 is 0 Å². The van der Waals surface area contributed by atoms with Crippen molar-refractivity contribution in [3.63, 3.8) is 0 Å². The number of hydrogen-bond donors (Lipinski definition) is 0. The smallest absolute Gasteiger partial charge is 0.372 e. The lowest BCUT2D eigenvalue weighted by atomic mass is 10.5. The molecule has 0 saturated carbocycles. The molecule has 0 aliphatic carbocycles. The van der Waals surface area contributed by atoms with E-state index < -0.39 is 8.80 Å². The van der Waals surface area contributed by atoms with Crippen molar-refractivity contribution in [2.45, 2.75) is 43.4 Å². The molecule has 3 nitrogen and oxygen atoms in total. The van der Waals surface area contributed by atoms with Crippen molar-refractivity contribution in [1.82, 2.24) is 0 Å². The Balaban J connectivity index is 4.46. The van der Waals surface area contributed by atoms with Crippen molar-refractivity contribution in [2.75, 3.05) is 19.8 Å². The second-order valence-electron chi connectivity index (χ2n) is 3.45. The fraction of sp³-hybridized carbons (Fsp3) is 1.00. The largest absolute Gasteiger partial charge is 0.526 e. The molecule has 0 spiro atoms. The van der Waals surface area contributed by atoms with Gasteiger partial charge in [-0.05, 0) is 19.3 Å². The molecule has 0 saturated heterocycles. The summed E-state index contributed by atoms with van der Waals surface area (Å²) < 4.78 is 17.5. The van der Waals surface area contributed by atoms with E-state index in [1.165, 1.54) is 0 Å². The van der Waals surface area contributed by atoms with Gasteiger partial charge >= 0.3 is 8.80 Å². The second-order valence-corrected chi connectivity index (χ2v) is 10.9. The predicted molar refractivity (Wildman–Crippen MR) is 76.1 cm³/mol. The molecule has 98 valence electrons. The van der Waals surface area contributed by atoms with E-state index in [2.05, 4.69) is 52.6 Å². The summed E-state index contributed by atoms with van der Waals surface area (Å²) in [4.78, 5) is 0. The Labute approximate surface area is 117 Å². The summed E-state index contributed by atoms with van der Waals surface area (Å²) in [7, 11) is -2.60. The molecule has 0 heterocycles. The maximum absolute atomic E-state index is 5.85. The van der Waals surface area contributed by atoms with Crippen LogP contribution in [0.25, 0.3) is 0 Å². The molecule has 0 fully saturated rings. The van der Waals surface area contributed by atoms with Gasteiger partial charge < -0.3 is 13.3 Å². The molecule has 0 aromatic rings. The van der Waals surface area contributed by atoms with Crippen LogP contribution in [-0.2, 0) is 13.3 Å². The van der Waals surface area contributed by atoms with Gasteiger partial charge in [0, 0.05) is 19.8 Å². The molecule has 0 aliphatic rings. The van der Waals surface area contributed by atoms with Crippen molar-refractivity contribution >= 4 is 40.7 Å². The molecule has 6 heteroatoms. The highest BCUT2D eigenvalue weighted by atomic mass is 79.9. The second kappa shape index (κ2) is 10.0. The summed E-state index contributed by atoms with van der Waals surface area (Å²) in [6.07, 6.45) is 2.89. The number of alkyl halides is 2. The van der Waals surface area contributed by atoms with E-state index in [1.54, 1.807) is 0 Å². The number of hydrogen-bond acceptors (Lipinski definition) is 3. The summed E-state index contributed by atoms with van der Waals surface area (Å²) >= 11 is 6.98. The Morgan fingerprint density at radius 2 is 1.12 bits per heavy atom. The average Bonchev–Trinajstić information content (AvgIpc) is 2.28. The van der Waals surface area contributed by atoms with Gasteiger partial charge in [-0.3, -0.25) is 0 Å². The zero-order valence-corrected chi connectivity index (χ0v) is 14.5. The first-order valence-corrected chi connectivity index (χ1v) is 9.46. The molecule has 0 bridgehead atoms. The monoisotopic (exact) mass is 376 g/mol. The fourth-order valence-corrected chi connectivity index (χ4v) is 5.52. The molecule has 0 aliphatic heterocycles. The van der Waals surface area contributed by atoms with E-state index in [1.807, 2.05) is 0 Å². The van der Waals surface area contributed by atoms with Crippen molar-refractivity contribution in [1.29, 1.82) is 0 Å². The first-order chi connectivity index (χ1) is 7.63. The third-order valence-electron chi connectivity index (χ3n) is 1.79. The van der Waals surface area contributed by atoms with Crippen LogP contribution in [0, 0.1) is 0 Å². The molecule has 0 unspecified atom stereocenters. The maximum atomic E-state index is 5.85. The minimum absolute atomic E-state index is 0.0443. The normalized spacial score (nSPS) is 12.4. The third kappa shape index (κ3) is 6.12. The van der Waals surface area contributed by atoms with E-state index in [9.17, 15) is 0 Å². The van der Waals surface area contributed by atoms with Gasteiger partial charge in [0.2, 0.25) is 0 Å². The highest BCUT2D eigenvalue weighted by molar-refractivity contribution is 9.25. The van der Waals surface area contributed by atoms with Crippen LogP contribution in [0.1, 0.15) is 40.0 Å². The molecule has 0 atom stereocenters. The molecule has 0 radical (unpaired) electrons. The van der Waals surface area contributed by atoms with E-state index in [-0.39, 0.29) is 3.36 Å². The first kappa shape index (κ1) is 17.1. The first-order valence-electron chi connectivity index (χ1n) is 5.82. The Kier molecular flexibility index (Phi) is 10.7. The summed E-state index contributed by atoms with van der Waals surface area (Å²) in [6.45, 7) is 8.26. The molecule has 16 heavy (non-hydrogen) atoms. The van der Waals surface area contributed by atoms with Gasteiger partial charge in [0.15, 0.2) is 0 Å². The highest BCUT2D eigenvalue weighted by Crippen LogP contribution is 2.26. The summed E-state index contributed by atoms with van der Waals surface area (Å²) in [5, 5.41) is 0. The highest BCUT2D eigenvalue weighted by Gasteiger charge is 2.47. The molecular weight excluding hydrogens is 356 g/mol. The van der Waals surface area contributed by atoms with E-state index in [0.29, 0.717) is 19.8 Å². The predicted octanol–water partition coefficient (Wildman–Crippen LogP) is 3.86. The van der Waals surface area contributed by atoms with Crippen LogP contribution < -0.4 is 0 Å². The summed E-state index contributed by atoms with van der Waals surface area (Å²) in [5.74, 6) is 0. The van der Waals surface area contributed by atoms with Crippen molar-refractivity contribution < 1.29 is 13.3 Å². The lowest BCUT2D eigenvalue weighted by Gasteiger charge is -2.30. The molecule has 0 aromatic heterocycles. The molecule has 0 N–H and O–H groups in total. The number of halogens is 2. The lowest BCUT2D eigenvalue weighted by Crippen LogP contribution is -2.52. The van der Waals surface area contributed by atoms with Gasteiger partial charge in [-0.15, -0.1) is 0 Å². The standard InChI is InChI=1S/C10H22Br2O3Si/c1-4-7-13-16(10(11)12,14-8-5-2)15-9-6-3/h10H,4-9H2,1-3H3. The fourth-order valence-electron chi connectivity index (χ4n) is 1.05. The van der Waals surface area contributed by atoms with E-state index in [0.717, 1.165) is 19.3 Å². The lowest BCUT2D eigenvalue weighted by molar-refractivity contribution is 0.0636. The minimum Gasteiger partial charge on any atom is -0.372 e. The van der Waals surface area contributed by atoms with Gasteiger partial charge in [0.25, 0.3) is 0 Å². The summed E-state index contributed by atoms with van der Waals surface area (Å²) in [5.41, 5.74) is 0. The Bertz CT molecular complexity index is 148. The van der Waals surface area contributed by atoms with Crippen LogP contribution in [-0.4, -0.2) is 32.0 Å². The average molecular weight is 378 g/mol. The number of rotatable bonds is 10. The van der Waals surface area contributed by atoms with Gasteiger partial charge in [-0.2, -0.15) is 0 Å². The van der Waals surface area contributed by atoms with Gasteiger partial charge in [-0.1, -0.05) is 52.6 Å². The van der Waals surface area contributed by atoms with Gasteiger partial charge in [-0.25, -0.2) is 0 Å². The molecular formula is C10H22Br2O3Si. The zero-order chi connectivity index (χ0) is 12.4. The van der Waals surface area contributed by atoms with Crippen LogP contribution in [0.2, 0.25) is 0 Å². The van der Waals surface area contributed by atoms with Crippen LogP contribution in [0.4, 0.5) is 0 Å². The van der Waals surface area contributed by atoms with Crippen LogP contribution >= 0.6 is 31.9 Å². The summed E-state index contributed by atoms with van der Waals surface area (Å²) in [6, 6.07) is 0. The van der Waals surface area contributed by atoms with Gasteiger partial charge in [0.05, 0.1) is 0 Å². The topological polar surface area (TPSA) is 27.7 Å². The SMILES string of the molecule is CCCO[Si](OCCC)(OCCC)C(Br)Br.